The Morgan fingerprint density at radius 3 is 2.59 bits per heavy atom. The molecule has 2 aromatic rings. The van der Waals surface area contributed by atoms with Gasteiger partial charge in [0.05, 0.1) is 5.69 Å². The van der Waals surface area contributed by atoms with Gasteiger partial charge in [-0.1, -0.05) is 48.5 Å². The fraction of sp³-hybridized carbons (Fsp3) is 0.381. The molecule has 1 aromatic carbocycles. The zero-order valence-electron chi connectivity index (χ0n) is 15.1. The van der Waals surface area contributed by atoms with Gasteiger partial charge in [-0.05, 0) is 36.6 Å². The average molecular weight is 401 g/mol. The second-order valence-electron chi connectivity index (χ2n) is 7.15. The zero-order chi connectivity index (χ0) is 18.6. The lowest BCUT2D eigenvalue weighted by Crippen LogP contribution is -2.23. The average Bonchev–Trinajstić information content (AvgIpc) is 3.15. The highest BCUT2D eigenvalue weighted by atomic mass is 35.5. The maximum Gasteiger partial charge on any atom is 0.223 e. The van der Waals surface area contributed by atoms with Crippen molar-refractivity contribution in [2.24, 2.45) is 4.99 Å². The molecule has 1 aliphatic heterocycles. The molecule has 0 bridgehead atoms. The van der Waals surface area contributed by atoms with E-state index in [2.05, 4.69) is 15.3 Å². The van der Waals surface area contributed by atoms with E-state index in [4.69, 9.17) is 28.2 Å². The normalized spacial score (nSPS) is 17.6. The van der Waals surface area contributed by atoms with E-state index in [-0.39, 0.29) is 0 Å². The third-order valence-corrected chi connectivity index (χ3v) is 5.87. The molecule has 2 heterocycles. The minimum absolute atomic E-state index is 0.487. The van der Waals surface area contributed by atoms with Crippen LogP contribution in [-0.4, -0.2) is 21.7 Å². The van der Waals surface area contributed by atoms with E-state index in [9.17, 15) is 0 Å². The molecule has 2 aliphatic rings. The minimum Gasteiger partial charge on any atom is -0.351 e. The van der Waals surface area contributed by atoms with E-state index < -0.39 is 0 Å². The Morgan fingerprint density at radius 2 is 1.81 bits per heavy atom. The Hall–Kier alpha value is -1.91. The van der Waals surface area contributed by atoms with Crippen molar-refractivity contribution < 1.29 is 0 Å². The second-order valence-corrected chi connectivity index (χ2v) is 7.96. The fourth-order valence-corrected chi connectivity index (χ4v) is 4.22. The molecule has 1 saturated carbocycles. The minimum atomic E-state index is 0.487. The first-order valence-corrected chi connectivity index (χ1v) is 10.2. The number of benzene rings is 1. The Morgan fingerprint density at radius 1 is 1.04 bits per heavy atom. The summed E-state index contributed by atoms with van der Waals surface area (Å²) in [7, 11) is 0. The molecule has 0 unspecified atom stereocenters. The quantitative estimate of drug-likeness (QED) is 0.673. The first kappa shape index (κ1) is 18.5. The van der Waals surface area contributed by atoms with Crippen LogP contribution in [0.25, 0.3) is 5.57 Å². The predicted octanol–water partition coefficient (Wildman–Crippen LogP) is 5.96. The summed E-state index contributed by atoms with van der Waals surface area (Å²) in [5, 5.41) is 4.85. The molecule has 4 nitrogen and oxygen atoms in total. The SMILES string of the molecule is Clc1cccc(Cl)c1CC1=NC=C(c2ccnc(NC3CCCCC3)n2)C1. The lowest BCUT2D eigenvalue weighted by Gasteiger charge is -2.22. The smallest absolute Gasteiger partial charge is 0.223 e. The van der Waals surface area contributed by atoms with E-state index in [1.54, 1.807) is 0 Å². The van der Waals surface area contributed by atoms with Gasteiger partial charge in [0.15, 0.2) is 0 Å². The van der Waals surface area contributed by atoms with Crippen LogP contribution in [0.5, 0.6) is 0 Å². The van der Waals surface area contributed by atoms with Crippen LogP contribution in [0, 0.1) is 0 Å². The summed E-state index contributed by atoms with van der Waals surface area (Å²) >= 11 is 12.6. The lowest BCUT2D eigenvalue weighted by molar-refractivity contribution is 0.461. The van der Waals surface area contributed by atoms with Crippen molar-refractivity contribution in [2.45, 2.75) is 51.0 Å². The first-order chi connectivity index (χ1) is 13.2. The van der Waals surface area contributed by atoms with Crippen molar-refractivity contribution >= 4 is 40.4 Å². The van der Waals surface area contributed by atoms with Gasteiger partial charge < -0.3 is 5.32 Å². The van der Waals surface area contributed by atoms with Crippen molar-refractivity contribution in [1.29, 1.82) is 0 Å². The Balaban J connectivity index is 1.41. The Bertz CT molecular complexity index is 865. The van der Waals surface area contributed by atoms with Crippen LogP contribution in [0.1, 0.15) is 49.8 Å². The number of allylic oxidation sites excluding steroid dienone is 1. The molecular formula is C21H22Cl2N4. The first-order valence-electron chi connectivity index (χ1n) is 9.46. The predicted molar refractivity (Wildman–Crippen MR) is 113 cm³/mol. The molecule has 0 atom stereocenters. The molecule has 1 aliphatic carbocycles. The molecule has 1 N–H and O–H groups in total. The number of aliphatic imine (C=N–C) groups is 1. The standard InChI is InChI=1S/C21H22Cl2N4/c22-18-7-4-8-19(23)17(18)12-16-11-14(13-25-16)20-9-10-24-21(27-20)26-15-5-2-1-3-6-15/h4,7-10,13,15H,1-3,5-6,11-12H2,(H,24,26,27). The number of rotatable bonds is 5. The molecule has 0 radical (unpaired) electrons. The summed E-state index contributed by atoms with van der Waals surface area (Å²) in [5.41, 5.74) is 3.99. The molecule has 27 heavy (non-hydrogen) atoms. The maximum absolute atomic E-state index is 6.29. The molecule has 1 aromatic heterocycles. The Labute approximate surface area is 169 Å². The van der Waals surface area contributed by atoms with Crippen molar-refractivity contribution in [3.8, 4) is 0 Å². The van der Waals surface area contributed by atoms with E-state index in [1.165, 1.54) is 32.1 Å². The Kier molecular flexibility index (Phi) is 5.74. The van der Waals surface area contributed by atoms with Gasteiger partial charge in [-0.25, -0.2) is 9.97 Å². The van der Waals surface area contributed by atoms with Gasteiger partial charge in [0.25, 0.3) is 0 Å². The molecule has 4 rings (SSSR count). The second kappa shape index (κ2) is 8.41. The van der Waals surface area contributed by atoms with Crippen LogP contribution in [0.15, 0.2) is 41.7 Å². The van der Waals surface area contributed by atoms with E-state index >= 15 is 0 Å². The van der Waals surface area contributed by atoms with Crippen molar-refractivity contribution in [3.05, 3.63) is 58.0 Å². The zero-order valence-corrected chi connectivity index (χ0v) is 16.6. The summed E-state index contributed by atoms with van der Waals surface area (Å²) in [4.78, 5) is 13.7. The molecule has 6 heteroatoms. The number of anilines is 1. The van der Waals surface area contributed by atoms with Gasteiger partial charge >= 0.3 is 0 Å². The number of nitrogens with one attached hydrogen (secondary N) is 1. The van der Waals surface area contributed by atoms with Crippen LogP contribution in [0.3, 0.4) is 0 Å². The highest BCUT2D eigenvalue weighted by molar-refractivity contribution is 6.36. The number of aromatic nitrogens is 2. The lowest BCUT2D eigenvalue weighted by atomic mass is 9.96. The summed E-state index contributed by atoms with van der Waals surface area (Å²) in [5.74, 6) is 0.711. The molecule has 0 saturated heterocycles. The van der Waals surface area contributed by atoms with Crippen LogP contribution < -0.4 is 5.32 Å². The van der Waals surface area contributed by atoms with Crippen molar-refractivity contribution in [1.82, 2.24) is 9.97 Å². The van der Waals surface area contributed by atoms with Crippen LogP contribution in [0.4, 0.5) is 5.95 Å². The molecule has 0 spiro atoms. The summed E-state index contributed by atoms with van der Waals surface area (Å²) in [6, 6.07) is 8.01. The van der Waals surface area contributed by atoms with Gasteiger partial charge in [0.2, 0.25) is 5.95 Å². The largest absolute Gasteiger partial charge is 0.351 e. The molecular weight excluding hydrogens is 379 g/mol. The highest BCUT2D eigenvalue weighted by Gasteiger charge is 2.18. The fourth-order valence-electron chi connectivity index (χ4n) is 3.69. The maximum atomic E-state index is 6.29. The van der Waals surface area contributed by atoms with Crippen molar-refractivity contribution in [3.63, 3.8) is 0 Å². The number of nitrogens with zero attached hydrogens (tertiary/aromatic N) is 3. The monoisotopic (exact) mass is 400 g/mol. The number of hydrogen-bond acceptors (Lipinski definition) is 4. The summed E-state index contributed by atoms with van der Waals surface area (Å²) in [6.07, 6.45) is 11.4. The summed E-state index contributed by atoms with van der Waals surface area (Å²) in [6.45, 7) is 0. The third-order valence-electron chi connectivity index (χ3n) is 5.16. The van der Waals surface area contributed by atoms with Crippen molar-refractivity contribution in [2.75, 3.05) is 5.32 Å². The van der Waals surface area contributed by atoms with E-state index in [0.717, 1.165) is 29.0 Å². The van der Waals surface area contributed by atoms with E-state index in [0.29, 0.717) is 28.5 Å². The van der Waals surface area contributed by atoms with Gasteiger partial charge in [0.1, 0.15) is 0 Å². The van der Waals surface area contributed by atoms with Gasteiger partial charge in [-0.2, -0.15) is 0 Å². The van der Waals surface area contributed by atoms with E-state index in [1.807, 2.05) is 36.7 Å². The van der Waals surface area contributed by atoms with Crippen LogP contribution in [-0.2, 0) is 6.42 Å². The number of hydrogen-bond donors (Lipinski definition) is 1. The van der Waals surface area contributed by atoms with Crippen LogP contribution in [0.2, 0.25) is 10.0 Å². The topological polar surface area (TPSA) is 50.2 Å². The van der Waals surface area contributed by atoms with Gasteiger partial charge in [0, 0.05) is 52.6 Å². The summed E-state index contributed by atoms with van der Waals surface area (Å²) < 4.78 is 0. The molecule has 1 fully saturated rings. The molecule has 140 valence electrons. The van der Waals surface area contributed by atoms with Crippen LogP contribution >= 0.6 is 23.2 Å². The number of halogens is 2. The third kappa shape index (κ3) is 4.50. The van der Waals surface area contributed by atoms with Gasteiger partial charge in [-0.3, -0.25) is 4.99 Å². The van der Waals surface area contributed by atoms with Gasteiger partial charge in [-0.15, -0.1) is 0 Å². The molecule has 0 amide bonds. The highest BCUT2D eigenvalue weighted by Crippen LogP contribution is 2.29.